The normalized spacial score (nSPS) is 14.6. The van der Waals surface area contributed by atoms with Gasteiger partial charge in [0.1, 0.15) is 11.6 Å². The van der Waals surface area contributed by atoms with Crippen molar-refractivity contribution < 1.29 is 27.2 Å². The van der Waals surface area contributed by atoms with Crippen LogP contribution in [-0.2, 0) is 25.8 Å². The van der Waals surface area contributed by atoms with Gasteiger partial charge in [-0.1, -0.05) is 23.7 Å². The molecular formula is C26H27ClFN3O5S. The minimum atomic E-state index is -4.13. The highest BCUT2D eigenvalue weighted by Gasteiger charge is 2.30. The van der Waals surface area contributed by atoms with Crippen LogP contribution >= 0.6 is 11.6 Å². The Kier molecular flexibility index (Phi) is 7.70. The molecule has 0 atom stereocenters. The molecule has 1 saturated heterocycles. The van der Waals surface area contributed by atoms with Crippen LogP contribution in [0.5, 0.6) is 0 Å². The maximum atomic E-state index is 13.2. The Labute approximate surface area is 219 Å². The minimum absolute atomic E-state index is 0.0244. The van der Waals surface area contributed by atoms with E-state index < -0.39 is 33.2 Å². The van der Waals surface area contributed by atoms with Crippen LogP contribution in [0.4, 0.5) is 4.39 Å². The molecular weight excluding hydrogens is 521 g/mol. The van der Waals surface area contributed by atoms with Crippen molar-refractivity contribution >= 4 is 49.9 Å². The van der Waals surface area contributed by atoms with Gasteiger partial charge in [-0.15, -0.1) is 0 Å². The van der Waals surface area contributed by atoms with Gasteiger partial charge in [-0.25, -0.2) is 12.8 Å². The van der Waals surface area contributed by atoms with Crippen molar-refractivity contribution in [2.75, 3.05) is 32.9 Å². The number of carbonyl (C=O) groups excluding carboxylic acids is 3. The van der Waals surface area contributed by atoms with Gasteiger partial charge in [0.25, 0.3) is 11.7 Å². The molecule has 2 amide bonds. The zero-order chi connectivity index (χ0) is 26.9. The van der Waals surface area contributed by atoms with Crippen LogP contribution in [0, 0.1) is 11.7 Å². The number of carbonyl (C=O) groups is 3. The van der Waals surface area contributed by atoms with Crippen molar-refractivity contribution in [3.8, 4) is 0 Å². The molecule has 1 N–H and O–H groups in total. The topological polar surface area (TPSA) is 108 Å². The Hall–Kier alpha value is -3.24. The van der Waals surface area contributed by atoms with E-state index >= 15 is 0 Å². The van der Waals surface area contributed by atoms with Crippen LogP contribution in [0.3, 0.4) is 0 Å². The zero-order valence-corrected chi connectivity index (χ0v) is 22.0. The number of amides is 2. The highest BCUT2D eigenvalue weighted by Crippen LogP contribution is 2.31. The number of likely N-dealkylation sites (N-methyl/N-ethyl adjacent to an activating group) is 1. The average molecular weight is 548 g/mol. The van der Waals surface area contributed by atoms with Crippen molar-refractivity contribution in [1.82, 2.24) is 14.8 Å². The second-order valence-corrected chi connectivity index (χ2v) is 11.8. The van der Waals surface area contributed by atoms with Crippen molar-refractivity contribution in [1.29, 1.82) is 0 Å². The number of halogens is 2. The van der Waals surface area contributed by atoms with Gasteiger partial charge in [0, 0.05) is 44.3 Å². The summed E-state index contributed by atoms with van der Waals surface area (Å²) in [5, 5.41) is 0.148. The molecule has 0 aliphatic carbocycles. The van der Waals surface area contributed by atoms with E-state index in [1.807, 2.05) is 0 Å². The lowest BCUT2D eigenvalue weighted by molar-refractivity contribution is -0.129. The largest absolute Gasteiger partial charge is 0.360 e. The fraction of sp³-hybridized carbons (Fsp3) is 0.346. The predicted molar refractivity (Wildman–Crippen MR) is 138 cm³/mol. The van der Waals surface area contributed by atoms with Crippen LogP contribution in [0.15, 0.2) is 47.5 Å². The molecule has 1 aliphatic heterocycles. The van der Waals surface area contributed by atoms with Gasteiger partial charge in [-0.3, -0.25) is 14.4 Å². The molecule has 0 radical (unpaired) electrons. The third kappa shape index (κ3) is 5.86. The summed E-state index contributed by atoms with van der Waals surface area (Å²) in [6.07, 6.45) is 3.53. The summed E-state index contributed by atoms with van der Waals surface area (Å²) < 4.78 is 39.5. The number of piperidine rings is 1. The van der Waals surface area contributed by atoms with Gasteiger partial charge < -0.3 is 14.8 Å². The summed E-state index contributed by atoms with van der Waals surface area (Å²) in [6.45, 7) is 0.853. The van der Waals surface area contributed by atoms with E-state index in [0.29, 0.717) is 37.4 Å². The van der Waals surface area contributed by atoms with E-state index in [2.05, 4.69) is 4.98 Å². The van der Waals surface area contributed by atoms with Gasteiger partial charge in [0.2, 0.25) is 5.91 Å². The SMILES string of the molecule is CN(C)C(=O)C(=O)c1c[nH]c2cc(Cl)c(S(=O)(=O)CC(=O)N3CCC(Cc4ccc(F)cc4)CC3)cc12. The number of nitrogens with one attached hydrogen (secondary N) is 1. The lowest BCUT2D eigenvalue weighted by Gasteiger charge is -2.32. The maximum absolute atomic E-state index is 13.2. The lowest BCUT2D eigenvalue weighted by Crippen LogP contribution is -2.41. The molecule has 3 aromatic rings. The Morgan fingerprint density at radius 3 is 2.38 bits per heavy atom. The van der Waals surface area contributed by atoms with Crippen LogP contribution in [-0.4, -0.2) is 73.7 Å². The molecule has 0 saturated carbocycles. The summed E-state index contributed by atoms with van der Waals surface area (Å²) in [5.41, 5.74) is 1.44. The number of hydrogen-bond donors (Lipinski definition) is 1. The van der Waals surface area contributed by atoms with Gasteiger partial charge in [0.15, 0.2) is 9.84 Å². The number of Topliss-reactive ketones (excluding diaryl/α,β-unsaturated/α-hetero) is 1. The Bertz CT molecular complexity index is 1460. The monoisotopic (exact) mass is 547 g/mol. The van der Waals surface area contributed by atoms with Crippen LogP contribution in [0.1, 0.15) is 28.8 Å². The number of benzene rings is 2. The second-order valence-electron chi connectivity index (χ2n) is 9.47. The van der Waals surface area contributed by atoms with E-state index in [1.165, 1.54) is 49.5 Å². The first-order valence-electron chi connectivity index (χ1n) is 11.8. The van der Waals surface area contributed by atoms with Gasteiger partial charge in [0.05, 0.1) is 15.5 Å². The first kappa shape index (κ1) is 26.8. The minimum Gasteiger partial charge on any atom is -0.360 e. The lowest BCUT2D eigenvalue weighted by atomic mass is 9.90. The number of nitrogens with zero attached hydrogens (tertiary/aromatic N) is 2. The number of rotatable bonds is 7. The van der Waals surface area contributed by atoms with E-state index in [-0.39, 0.29) is 26.7 Å². The molecule has 1 aromatic heterocycles. The number of H-pyrrole nitrogens is 1. The van der Waals surface area contributed by atoms with E-state index in [1.54, 1.807) is 12.1 Å². The zero-order valence-electron chi connectivity index (χ0n) is 20.5. The molecule has 37 heavy (non-hydrogen) atoms. The Balaban J connectivity index is 1.46. The fourth-order valence-corrected chi connectivity index (χ4v) is 6.37. The molecule has 8 nitrogen and oxygen atoms in total. The fourth-order valence-electron chi connectivity index (χ4n) is 4.54. The number of hydrogen-bond acceptors (Lipinski definition) is 5. The molecule has 0 spiro atoms. The number of aromatic nitrogens is 1. The third-order valence-electron chi connectivity index (χ3n) is 6.63. The summed E-state index contributed by atoms with van der Waals surface area (Å²) in [5.74, 6) is -2.79. The summed E-state index contributed by atoms with van der Waals surface area (Å²) in [6, 6.07) is 8.95. The first-order chi connectivity index (χ1) is 17.5. The van der Waals surface area contributed by atoms with Crippen molar-refractivity contribution in [3.63, 3.8) is 0 Å². The van der Waals surface area contributed by atoms with Crippen molar-refractivity contribution in [2.45, 2.75) is 24.2 Å². The Morgan fingerprint density at radius 1 is 1.11 bits per heavy atom. The third-order valence-corrected chi connectivity index (χ3v) is 8.69. The van der Waals surface area contributed by atoms with Crippen LogP contribution in [0.2, 0.25) is 5.02 Å². The molecule has 1 aliphatic rings. The summed E-state index contributed by atoms with van der Waals surface area (Å²) in [4.78, 5) is 42.9. The van der Waals surface area contributed by atoms with E-state index in [4.69, 9.17) is 11.6 Å². The molecule has 2 heterocycles. The van der Waals surface area contributed by atoms with Gasteiger partial charge >= 0.3 is 0 Å². The number of likely N-dealkylation sites (tertiary alicyclic amines) is 1. The molecule has 0 unspecified atom stereocenters. The quantitative estimate of drug-likeness (QED) is 0.360. The molecule has 1 fully saturated rings. The van der Waals surface area contributed by atoms with Crippen LogP contribution < -0.4 is 0 Å². The number of sulfone groups is 1. The molecule has 11 heteroatoms. The molecule has 2 aromatic carbocycles. The molecule has 0 bridgehead atoms. The number of fused-ring (bicyclic) bond motifs is 1. The van der Waals surface area contributed by atoms with E-state index in [9.17, 15) is 27.2 Å². The number of aromatic amines is 1. The molecule has 4 rings (SSSR count). The summed E-state index contributed by atoms with van der Waals surface area (Å²) in [7, 11) is -1.25. The maximum Gasteiger partial charge on any atom is 0.294 e. The first-order valence-corrected chi connectivity index (χ1v) is 13.8. The van der Waals surface area contributed by atoms with Gasteiger partial charge in [-0.2, -0.15) is 0 Å². The number of ketones is 1. The highest BCUT2D eigenvalue weighted by molar-refractivity contribution is 7.92. The predicted octanol–water partition coefficient (Wildman–Crippen LogP) is 3.49. The summed E-state index contributed by atoms with van der Waals surface area (Å²) >= 11 is 6.26. The average Bonchev–Trinajstić information content (AvgIpc) is 3.26. The van der Waals surface area contributed by atoms with Gasteiger partial charge in [-0.05, 0) is 55.0 Å². The van der Waals surface area contributed by atoms with Crippen LogP contribution in [0.25, 0.3) is 10.9 Å². The molecule has 196 valence electrons. The smallest absolute Gasteiger partial charge is 0.294 e. The van der Waals surface area contributed by atoms with Crippen molar-refractivity contribution in [3.05, 3.63) is 64.6 Å². The van der Waals surface area contributed by atoms with E-state index in [0.717, 1.165) is 16.9 Å². The second kappa shape index (κ2) is 10.6. The standard InChI is InChI=1S/C26H27ClFN3O5S/c1-30(2)26(34)25(33)20-14-29-22-13-21(27)23(12-19(20)22)37(35,36)15-24(32)31-9-7-17(8-10-31)11-16-3-5-18(28)6-4-16/h3-6,12-14,17,29H,7-11,15H2,1-2H3. The highest BCUT2D eigenvalue weighted by atomic mass is 35.5. The van der Waals surface area contributed by atoms with Crippen molar-refractivity contribution in [2.24, 2.45) is 5.92 Å². The Morgan fingerprint density at radius 2 is 1.76 bits per heavy atom.